The maximum Gasteiger partial charge on any atom is 0.248 e. The van der Waals surface area contributed by atoms with Crippen molar-refractivity contribution < 1.29 is 9.90 Å². The molecule has 1 aromatic rings. The van der Waals surface area contributed by atoms with Crippen LogP contribution in [0.3, 0.4) is 0 Å². The summed E-state index contributed by atoms with van der Waals surface area (Å²) in [6, 6.07) is 7.17. The predicted molar refractivity (Wildman–Crippen MR) is 58.3 cm³/mol. The van der Waals surface area contributed by atoms with Crippen LogP contribution in [-0.4, -0.2) is 23.7 Å². The lowest BCUT2D eigenvalue weighted by molar-refractivity contribution is 0.1000. The summed E-state index contributed by atoms with van der Waals surface area (Å²) in [6.45, 7) is 2.59. The topological polar surface area (TPSA) is 75.3 Å². The van der Waals surface area contributed by atoms with Gasteiger partial charge in [0.25, 0.3) is 0 Å². The van der Waals surface area contributed by atoms with Crippen molar-refractivity contribution in [1.82, 2.24) is 5.32 Å². The molecule has 0 heterocycles. The van der Waals surface area contributed by atoms with Crippen molar-refractivity contribution in [3.8, 4) is 0 Å². The Labute approximate surface area is 89.1 Å². The molecule has 4 heteroatoms. The first kappa shape index (κ1) is 11.7. The van der Waals surface area contributed by atoms with Gasteiger partial charge in [-0.15, -0.1) is 0 Å². The fraction of sp³-hybridized carbons (Fsp3) is 0.364. The molecule has 0 radical (unpaired) electrons. The Morgan fingerprint density at radius 3 is 2.93 bits per heavy atom. The largest absolute Gasteiger partial charge is 0.395 e. The van der Waals surface area contributed by atoms with E-state index in [0.717, 1.165) is 5.56 Å². The Morgan fingerprint density at radius 1 is 1.60 bits per heavy atom. The molecule has 0 aliphatic heterocycles. The predicted octanol–water partition coefficient (Wildman–Crippen LogP) is 0.256. The monoisotopic (exact) mass is 208 g/mol. The summed E-state index contributed by atoms with van der Waals surface area (Å²) in [5.41, 5.74) is 6.65. The average Bonchev–Trinajstić information content (AvgIpc) is 2.26. The molecule has 4 nitrogen and oxygen atoms in total. The normalized spacial score (nSPS) is 12.4. The standard InChI is InChI=1S/C11H16N2O2/c1-8(7-14)13-6-9-3-2-4-10(5-9)11(12)15/h2-5,8,13-14H,6-7H2,1H3,(H2,12,15)/t8-/m1/s1. The number of hydrogen-bond acceptors (Lipinski definition) is 3. The van der Waals surface area contributed by atoms with Crippen molar-refractivity contribution >= 4 is 5.91 Å². The van der Waals surface area contributed by atoms with Gasteiger partial charge in [0, 0.05) is 18.2 Å². The Kier molecular flexibility index (Phi) is 4.27. The van der Waals surface area contributed by atoms with E-state index in [1.165, 1.54) is 0 Å². The van der Waals surface area contributed by atoms with Crippen molar-refractivity contribution in [2.75, 3.05) is 6.61 Å². The average molecular weight is 208 g/mol. The lowest BCUT2D eigenvalue weighted by Gasteiger charge is -2.10. The molecular formula is C11H16N2O2. The van der Waals surface area contributed by atoms with Crippen LogP contribution in [0.5, 0.6) is 0 Å². The smallest absolute Gasteiger partial charge is 0.248 e. The van der Waals surface area contributed by atoms with Crippen molar-refractivity contribution in [3.05, 3.63) is 35.4 Å². The van der Waals surface area contributed by atoms with Crippen LogP contribution in [-0.2, 0) is 6.54 Å². The fourth-order valence-corrected chi connectivity index (χ4v) is 1.19. The van der Waals surface area contributed by atoms with E-state index in [9.17, 15) is 4.79 Å². The van der Waals surface area contributed by atoms with Gasteiger partial charge in [-0.2, -0.15) is 0 Å². The molecule has 0 fully saturated rings. The number of primary amides is 1. The highest BCUT2D eigenvalue weighted by Gasteiger charge is 2.02. The molecule has 0 bridgehead atoms. The second-order valence-corrected chi connectivity index (χ2v) is 3.53. The first-order chi connectivity index (χ1) is 7.13. The molecule has 1 atom stereocenters. The Bertz CT molecular complexity index is 339. The molecule has 1 amide bonds. The van der Waals surface area contributed by atoms with Crippen LogP contribution in [0.15, 0.2) is 24.3 Å². The molecule has 15 heavy (non-hydrogen) atoms. The number of carbonyl (C=O) groups excluding carboxylic acids is 1. The summed E-state index contributed by atoms with van der Waals surface area (Å²) in [7, 11) is 0. The first-order valence-electron chi connectivity index (χ1n) is 4.86. The van der Waals surface area contributed by atoms with Crippen LogP contribution >= 0.6 is 0 Å². The molecule has 0 aliphatic rings. The Balaban J connectivity index is 2.62. The number of amides is 1. The van der Waals surface area contributed by atoms with Crippen LogP contribution < -0.4 is 11.1 Å². The zero-order valence-electron chi connectivity index (χ0n) is 8.73. The summed E-state index contributed by atoms with van der Waals surface area (Å²) < 4.78 is 0. The van der Waals surface area contributed by atoms with Crippen molar-refractivity contribution in [2.45, 2.75) is 19.5 Å². The molecule has 0 aromatic heterocycles. The highest BCUT2D eigenvalue weighted by molar-refractivity contribution is 5.92. The molecule has 0 aliphatic carbocycles. The molecule has 0 unspecified atom stereocenters. The van der Waals surface area contributed by atoms with E-state index in [2.05, 4.69) is 5.32 Å². The van der Waals surface area contributed by atoms with Gasteiger partial charge in [0.1, 0.15) is 0 Å². The van der Waals surface area contributed by atoms with Gasteiger partial charge in [-0.1, -0.05) is 12.1 Å². The highest BCUT2D eigenvalue weighted by atomic mass is 16.3. The fourth-order valence-electron chi connectivity index (χ4n) is 1.19. The molecule has 1 rings (SSSR count). The summed E-state index contributed by atoms with van der Waals surface area (Å²) in [6.07, 6.45) is 0. The van der Waals surface area contributed by atoms with E-state index in [4.69, 9.17) is 10.8 Å². The zero-order valence-corrected chi connectivity index (χ0v) is 8.73. The number of aliphatic hydroxyl groups excluding tert-OH is 1. The summed E-state index contributed by atoms with van der Waals surface area (Å²) in [4.78, 5) is 10.9. The Morgan fingerprint density at radius 2 is 2.33 bits per heavy atom. The molecule has 82 valence electrons. The van der Waals surface area contributed by atoms with Gasteiger partial charge in [-0.05, 0) is 24.6 Å². The number of hydrogen-bond donors (Lipinski definition) is 3. The van der Waals surface area contributed by atoms with Crippen LogP contribution in [0.2, 0.25) is 0 Å². The van der Waals surface area contributed by atoms with E-state index < -0.39 is 5.91 Å². The van der Waals surface area contributed by atoms with Crippen molar-refractivity contribution in [3.63, 3.8) is 0 Å². The number of nitrogens with two attached hydrogens (primary N) is 1. The van der Waals surface area contributed by atoms with Gasteiger partial charge >= 0.3 is 0 Å². The molecule has 0 saturated carbocycles. The third kappa shape index (κ3) is 3.69. The zero-order chi connectivity index (χ0) is 11.3. The van der Waals surface area contributed by atoms with Crippen molar-refractivity contribution in [1.29, 1.82) is 0 Å². The first-order valence-corrected chi connectivity index (χ1v) is 4.86. The second-order valence-electron chi connectivity index (χ2n) is 3.53. The summed E-state index contributed by atoms with van der Waals surface area (Å²) in [5.74, 6) is -0.424. The molecule has 1 aromatic carbocycles. The minimum atomic E-state index is -0.424. The van der Waals surface area contributed by atoms with E-state index in [1.54, 1.807) is 18.2 Å². The van der Waals surface area contributed by atoms with E-state index in [1.807, 2.05) is 13.0 Å². The van der Waals surface area contributed by atoms with E-state index in [0.29, 0.717) is 12.1 Å². The SMILES string of the molecule is C[C@H](CO)NCc1cccc(C(N)=O)c1. The lowest BCUT2D eigenvalue weighted by atomic mass is 10.1. The van der Waals surface area contributed by atoms with Gasteiger partial charge < -0.3 is 16.2 Å². The van der Waals surface area contributed by atoms with Gasteiger partial charge in [0.15, 0.2) is 0 Å². The number of carbonyl (C=O) groups is 1. The second kappa shape index (κ2) is 5.48. The number of nitrogens with one attached hydrogen (secondary N) is 1. The molecule has 0 spiro atoms. The molecule has 4 N–H and O–H groups in total. The molecular weight excluding hydrogens is 192 g/mol. The quantitative estimate of drug-likeness (QED) is 0.649. The minimum Gasteiger partial charge on any atom is -0.395 e. The third-order valence-corrected chi connectivity index (χ3v) is 2.14. The molecule has 0 saturated heterocycles. The maximum absolute atomic E-state index is 10.9. The Hall–Kier alpha value is -1.39. The van der Waals surface area contributed by atoms with Gasteiger partial charge in [-0.25, -0.2) is 0 Å². The van der Waals surface area contributed by atoms with Gasteiger partial charge in [0.2, 0.25) is 5.91 Å². The van der Waals surface area contributed by atoms with Crippen molar-refractivity contribution in [2.24, 2.45) is 5.73 Å². The third-order valence-electron chi connectivity index (χ3n) is 2.14. The van der Waals surface area contributed by atoms with Crippen LogP contribution in [0, 0.1) is 0 Å². The minimum absolute atomic E-state index is 0.0437. The van der Waals surface area contributed by atoms with Crippen LogP contribution in [0.25, 0.3) is 0 Å². The number of aliphatic hydroxyl groups is 1. The van der Waals surface area contributed by atoms with Crippen LogP contribution in [0.4, 0.5) is 0 Å². The lowest BCUT2D eigenvalue weighted by Crippen LogP contribution is -2.28. The van der Waals surface area contributed by atoms with E-state index in [-0.39, 0.29) is 12.6 Å². The maximum atomic E-state index is 10.9. The van der Waals surface area contributed by atoms with Crippen LogP contribution in [0.1, 0.15) is 22.8 Å². The summed E-state index contributed by atoms with van der Waals surface area (Å²) in [5, 5.41) is 11.9. The van der Waals surface area contributed by atoms with E-state index >= 15 is 0 Å². The highest BCUT2D eigenvalue weighted by Crippen LogP contribution is 2.04. The summed E-state index contributed by atoms with van der Waals surface area (Å²) >= 11 is 0. The van der Waals surface area contributed by atoms with Gasteiger partial charge in [-0.3, -0.25) is 4.79 Å². The number of rotatable bonds is 5. The number of benzene rings is 1. The van der Waals surface area contributed by atoms with Gasteiger partial charge in [0.05, 0.1) is 6.61 Å².